The van der Waals surface area contributed by atoms with E-state index < -0.39 is 10.0 Å². The number of aromatic nitrogens is 3. The quantitative estimate of drug-likeness (QED) is 0.801. The van der Waals surface area contributed by atoms with E-state index in [4.69, 9.17) is 4.52 Å². The SMILES string of the molecule is CN1CCC(N2CCC[C@H]2c2nc(-c3ccnc(NS(C)(=O)=O)c3)no2)CC1. The van der Waals surface area contributed by atoms with Crippen molar-refractivity contribution >= 4 is 15.8 Å². The van der Waals surface area contributed by atoms with E-state index in [0.717, 1.165) is 38.7 Å². The van der Waals surface area contributed by atoms with Gasteiger partial charge in [0.25, 0.3) is 0 Å². The molecule has 1 N–H and O–H groups in total. The van der Waals surface area contributed by atoms with Gasteiger partial charge in [-0.3, -0.25) is 9.62 Å². The van der Waals surface area contributed by atoms with Crippen LogP contribution in [-0.4, -0.2) is 72.3 Å². The molecule has 0 bridgehead atoms. The van der Waals surface area contributed by atoms with E-state index in [9.17, 15) is 8.42 Å². The molecule has 0 unspecified atom stereocenters. The van der Waals surface area contributed by atoms with Crippen LogP contribution in [-0.2, 0) is 10.0 Å². The lowest BCUT2D eigenvalue weighted by Gasteiger charge is -2.37. The van der Waals surface area contributed by atoms with Gasteiger partial charge in [-0.05, 0) is 64.5 Å². The molecule has 0 aromatic carbocycles. The normalized spacial score (nSPS) is 22.6. The van der Waals surface area contributed by atoms with E-state index in [1.807, 2.05) is 0 Å². The molecule has 10 heteroatoms. The summed E-state index contributed by atoms with van der Waals surface area (Å²) in [6.07, 6.45) is 7.10. The van der Waals surface area contributed by atoms with E-state index in [-0.39, 0.29) is 11.9 Å². The van der Waals surface area contributed by atoms with Crippen LogP contribution in [0.15, 0.2) is 22.9 Å². The van der Waals surface area contributed by atoms with Crippen LogP contribution in [0.5, 0.6) is 0 Å². The molecule has 2 aliphatic rings. The fraction of sp³-hybridized carbons (Fsp3) is 0.611. The van der Waals surface area contributed by atoms with Crippen molar-refractivity contribution in [3.05, 3.63) is 24.2 Å². The summed E-state index contributed by atoms with van der Waals surface area (Å²) in [5, 5.41) is 4.13. The van der Waals surface area contributed by atoms with Gasteiger partial charge < -0.3 is 9.42 Å². The summed E-state index contributed by atoms with van der Waals surface area (Å²) >= 11 is 0. The molecule has 2 saturated heterocycles. The lowest BCUT2D eigenvalue weighted by molar-refractivity contribution is 0.0958. The van der Waals surface area contributed by atoms with Gasteiger partial charge in [-0.25, -0.2) is 13.4 Å². The third kappa shape index (κ3) is 4.34. The van der Waals surface area contributed by atoms with Crippen molar-refractivity contribution < 1.29 is 12.9 Å². The van der Waals surface area contributed by atoms with Crippen molar-refractivity contribution in [1.29, 1.82) is 0 Å². The molecule has 0 saturated carbocycles. The Morgan fingerprint density at radius 1 is 1.21 bits per heavy atom. The van der Waals surface area contributed by atoms with Crippen molar-refractivity contribution in [2.24, 2.45) is 0 Å². The van der Waals surface area contributed by atoms with Gasteiger partial charge >= 0.3 is 0 Å². The Labute approximate surface area is 165 Å². The number of sulfonamides is 1. The smallest absolute Gasteiger partial charge is 0.244 e. The van der Waals surface area contributed by atoms with Crippen LogP contribution in [0.3, 0.4) is 0 Å². The summed E-state index contributed by atoms with van der Waals surface area (Å²) in [6, 6.07) is 4.07. The lowest BCUT2D eigenvalue weighted by atomic mass is 10.0. The predicted molar refractivity (Wildman–Crippen MR) is 105 cm³/mol. The second-order valence-corrected chi connectivity index (χ2v) is 9.44. The van der Waals surface area contributed by atoms with Crippen LogP contribution in [0, 0.1) is 0 Å². The highest BCUT2D eigenvalue weighted by atomic mass is 32.2. The van der Waals surface area contributed by atoms with Gasteiger partial charge in [0.15, 0.2) is 0 Å². The Morgan fingerprint density at radius 3 is 2.75 bits per heavy atom. The average Bonchev–Trinajstić information content (AvgIpc) is 3.30. The van der Waals surface area contributed by atoms with Crippen molar-refractivity contribution in [2.45, 2.75) is 37.8 Å². The fourth-order valence-electron chi connectivity index (χ4n) is 4.12. The highest BCUT2D eigenvalue weighted by molar-refractivity contribution is 7.92. The van der Waals surface area contributed by atoms with E-state index in [0.29, 0.717) is 23.3 Å². The molecule has 0 aliphatic carbocycles. The van der Waals surface area contributed by atoms with E-state index >= 15 is 0 Å². The molecule has 2 aliphatic heterocycles. The zero-order valence-electron chi connectivity index (χ0n) is 16.2. The average molecular weight is 407 g/mol. The zero-order valence-corrected chi connectivity index (χ0v) is 17.0. The molecule has 28 heavy (non-hydrogen) atoms. The third-order valence-electron chi connectivity index (χ3n) is 5.49. The summed E-state index contributed by atoms with van der Waals surface area (Å²) < 4.78 is 30.8. The first-order chi connectivity index (χ1) is 13.4. The molecular weight excluding hydrogens is 380 g/mol. The summed E-state index contributed by atoms with van der Waals surface area (Å²) in [6.45, 7) is 3.31. The zero-order chi connectivity index (χ0) is 19.7. The second kappa shape index (κ2) is 7.76. The number of hydrogen-bond donors (Lipinski definition) is 1. The molecule has 2 aromatic heterocycles. The molecule has 0 amide bonds. The van der Waals surface area contributed by atoms with Gasteiger partial charge in [-0.2, -0.15) is 4.98 Å². The summed E-state index contributed by atoms with van der Waals surface area (Å²) in [5.74, 6) is 1.32. The monoisotopic (exact) mass is 406 g/mol. The first kappa shape index (κ1) is 19.3. The van der Waals surface area contributed by atoms with Crippen LogP contribution in [0.4, 0.5) is 5.82 Å². The number of nitrogens with one attached hydrogen (secondary N) is 1. The number of piperidine rings is 1. The van der Waals surface area contributed by atoms with Crippen molar-refractivity contribution in [2.75, 3.05) is 37.7 Å². The molecule has 9 nitrogen and oxygen atoms in total. The van der Waals surface area contributed by atoms with Gasteiger partial charge in [-0.1, -0.05) is 5.16 Å². The van der Waals surface area contributed by atoms with Gasteiger partial charge in [0.2, 0.25) is 21.7 Å². The maximum atomic E-state index is 11.4. The minimum absolute atomic E-state index is 0.158. The Bertz CT molecular complexity index is 923. The van der Waals surface area contributed by atoms with E-state index in [1.54, 1.807) is 12.1 Å². The summed E-state index contributed by atoms with van der Waals surface area (Å²) in [4.78, 5) is 13.5. The van der Waals surface area contributed by atoms with E-state index in [1.165, 1.54) is 19.0 Å². The summed E-state index contributed by atoms with van der Waals surface area (Å²) in [5.41, 5.74) is 0.667. The standard InChI is InChI=1S/C18H26N6O3S/c1-23-10-6-14(7-11-23)24-9-3-4-15(24)18-20-17(21-27-18)13-5-8-19-16(12-13)22-28(2,25)26/h5,8,12,14-15H,3-4,6-7,9-11H2,1-2H3,(H,19,22)/t15-/m0/s1. The van der Waals surface area contributed by atoms with E-state index in [2.05, 4.69) is 36.7 Å². The molecule has 0 radical (unpaired) electrons. The third-order valence-corrected chi connectivity index (χ3v) is 6.07. The van der Waals surface area contributed by atoms with Crippen LogP contribution in [0.25, 0.3) is 11.4 Å². The molecule has 4 rings (SSSR count). The van der Waals surface area contributed by atoms with Crippen molar-refractivity contribution in [3.63, 3.8) is 0 Å². The second-order valence-electron chi connectivity index (χ2n) is 7.69. The van der Waals surface area contributed by atoms with Gasteiger partial charge in [0, 0.05) is 17.8 Å². The molecule has 0 spiro atoms. The number of anilines is 1. The Kier molecular flexibility index (Phi) is 5.35. The van der Waals surface area contributed by atoms with Crippen LogP contribution >= 0.6 is 0 Å². The van der Waals surface area contributed by atoms with Crippen LogP contribution in [0.1, 0.15) is 37.6 Å². The maximum absolute atomic E-state index is 11.4. The Hall–Kier alpha value is -2.04. The molecular formula is C18H26N6O3S. The highest BCUT2D eigenvalue weighted by Crippen LogP contribution is 2.36. The lowest BCUT2D eigenvalue weighted by Crippen LogP contribution is -2.43. The topological polar surface area (TPSA) is 104 Å². The molecule has 2 aromatic rings. The number of nitrogens with zero attached hydrogens (tertiary/aromatic N) is 5. The van der Waals surface area contributed by atoms with Crippen molar-refractivity contribution in [3.8, 4) is 11.4 Å². The molecule has 152 valence electrons. The van der Waals surface area contributed by atoms with Gasteiger partial charge in [0.05, 0.1) is 12.3 Å². The highest BCUT2D eigenvalue weighted by Gasteiger charge is 2.36. The Morgan fingerprint density at radius 2 is 2.00 bits per heavy atom. The number of hydrogen-bond acceptors (Lipinski definition) is 8. The van der Waals surface area contributed by atoms with Gasteiger partial charge in [0.1, 0.15) is 5.82 Å². The molecule has 2 fully saturated rings. The molecule has 4 heterocycles. The van der Waals surface area contributed by atoms with Crippen LogP contribution < -0.4 is 4.72 Å². The maximum Gasteiger partial charge on any atom is 0.244 e. The first-order valence-electron chi connectivity index (χ1n) is 9.61. The first-order valence-corrected chi connectivity index (χ1v) is 11.5. The van der Waals surface area contributed by atoms with Crippen molar-refractivity contribution in [1.82, 2.24) is 24.9 Å². The van der Waals surface area contributed by atoms with Gasteiger partial charge in [-0.15, -0.1) is 0 Å². The summed E-state index contributed by atoms with van der Waals surface area (Å²) in [7, 11) is -1.22. The number of pyridine rings is 1. The minimum atomic E-state index is -3.39. The van der Waals surface area contributed by atoms with Crippen LogP contribution in [0.2, 0.25) is 0 Å². The molecule has 1 atom stereocenters. The predicted octanol–water partition coefficient (Wildman–Crippen LogP) is 1.73. The largest absolute Gasteiger partial charge is 0.337 e. The Balaban J connectivity index is 1.52. The fourth-order valence-corrected chi connectivity index (χ4v) is 4.61. The number of likely N-dealkylation sites (tertiary alicyclic amines) is 2. The number of rotatable bonds is 5. The minimum Gasteiger partial charge on any atom is -0.337 e.